The lowest BCUT2D eigenvalue weighted by atomic mass is 9.80. The third kappa shape index (κ3) is 3.43. The van der Waals surface area contributed by atoms with E-state index < -0.39 is 35.3 Å². The molecule has 2 atom stereocenters. The van der Waals surface area contributed by atoms with Crippen molar-refractivity contribution in [3.63, 3.8) is 0 Å². The van der Waals surface area contributed by atoms with Gasteiger partial charge in [0.15, 0.2) is 0 Å². The molecular weight excluding hydrogens is 378 g/mol. The molecule has 9 nitrogen and oxygen atoms in total. The van der Waals surface area contributed by atoms with Crippen molar-refractivity contribution in [3.8, 4) is 0 Å². The van der Waals surface area contributed by atoms with Crippen LogP contribution in [-0.2, 0) is 19.2 Å². The van der Waals surface area contributed by atoms with Crippen molar-refractivity contribution in [2.24, 2.45) is 5.73 Å². The fourth-order valence-electron chi connectivity index (χ4n) is 3.55. The van der Waals surface area contributed by atoms with Crippen LogP contribution in [0.5, 0.6) is 0 Å². The van der Waals surface area contributed by atoms with E-state index in [0.29, 0.717) is 27.6 Å². The number of aliphatic carboxylic acids is 2. The summed E-state index contributed by atoms with van der Waals surface area (Å²) < 4.78 is 0. The molecule has 0 spiro atoms. The van der Waals surface area contributed by atoms with Crippen LogP contribution in [0.1, 0.15) is 18.9 Å². The number of carbonyl (C=O) groups is 4. The maximum atomic E-state index is 12.6. The maximum Gasteiger partial charge on any atom is 0.396 e. The van der Waals surface area contributed by atoms with Gasteiger partial charge in [0.2, 0.25) is 0 Å². The Hall–Kier alpha value is -3.72. The van der Waals surface area contributed by atoms with E-state index in [9.17, 15) is 29.4 Å². The SMILES string of the molecule is CC1C(C2(N)C=CC=CC2)=Cc2ccccc2N(C(=O)C(=O)O)N1C(=O)C(=O)O. The van der Waals surface area contributed by atoms with Gasteiger partial charge in [0.1, 0.15) is 0 Å². The summed E-state index contributed by atoms with van der Waals surface area (Å²) in [6.45, 7) is 1.50. The molecule has 3 rings (SSSR count). The van der Waals surface area contributed by atoms with Crippen LogP contribution >= 0.6 is 0 Å². The Kier molecular flexibility index (Phi) is 5.08. The van der Waals surface area contributed by atoms with Gasteiger partial charge in [0.25, 0.3) is 0 Å². The van der Waals surface area contributed by atoms with E-state index in [1.807, 2.05) is 6.08 Å². The molecule has 0 saturated carbocycles. The number of benzene rings is 1. The minimum Gasteiger partial charge on any atom is -0.474 e. The lowest BCUT2D eigenvalue weighted by Gasteiger charge is -2.40. The first kappa shape index (κ1) is 20.0. The van der Waals surface area contributed by atoms with Crippen LogP contribution in [0, 0.1) is 0 Å². The summed E-state index contributed by atoms with van der Waals surface area (Å²) in [5, 5.41) is 19.9. The van der Waals surface area contributed by atoms with Gasteiger partial charge in [-0.1, -0.05) is 42.5 Å². The van der Waals surface area contributed by atoms with Gasteiger partial charge in [-0.15, -0.1) is 0 Å². The molecule has 1 heterocycles. The number of rotatable bonds is 1. The summed E-state index contributed by atoms with van der Waals surface area (Å²) in [5.41, 5.74) is 6.46. The minimum atomic E-state index is -1.83. The second kappa shape index (κ2) is 7.36. The fourth-order valence-corrected chi connectivity index (χ4v) is 3.55. The highest BCUT2D eigenvalue weighted by molar-refractivity contribution is 6.39. The zero-order valence-electron chi connectivity index (χ0n) is 15.5. The molecule has 0 saturated heterocycles. The topological polar surface area (TPSA) is 141 Å². The van der Waals surface area contributed by atoms with E-state index in [2.05, 4.69) is 0 Å². The lowest BCUT2D eigenvalue weighted by Crippen LogP contribution is -2.60. The quantitative estimate of drug-likeness (QED) is 0.599. The maximum absolute atomic E-state index is 12.6. The van der Waals surface area contributed by atoms with Crippen molar-refractivity contribution in [3.05, 3.63) is 59.7 Å². The molecule has 0 radical (unpaired) electrons. The Labute approximate surface area is 166 Å². The summed E-state index contributed by atoms with van der Waals surface area (Å²) >= 11 is 0. The molecular formula is C20H19N3O6. The minimum absolute atomic E-state index is 0.0651. The number of hydrazine groups is 1. The number of carboxylic acid groups (broad SMARTS) is 2. The fraction of sp³-hybridized carbons (Fsp3) is 0.200. The molecule has 4 N–H and O–H groups in total. The number of carboxylic acids is 2. The summed E-state index contributed by atoms with van der Waals surface area (Å²) in [6.07, 6.45) is 9.13. The molecule has 150 valence electrons. The average Bonchev–Trinajstić information content (AvgIpc) is 2.82. The number of hydrogen-bond acceptors (Lipinski definition) is 5. The molecule has 0 bridgehead atoms. The van der Waals surface area contributed by atoms with Gasteiger partial charge in [-0.2, -0.15) is 0 Å². The number of para-hydroxylation sites is 1. The monoisotopic (exact) mass is 397 g/mol. The lowest BCUT2D eigenvalue weighted by molar-refractivity contribution is -0.160. The van der Waals surface area contributed by atoms with E-state index >= 15 is 0 Å². The van der Waals surface area contributed by atoms with Crippen molar-refractivity contribution >= 4 is 35.5 Å². The van der Waals surface area contributed by atoms with Crippen molar-refractivity contribution in [2.75, 3.05) is 5.01 Å². The van der Waals surface area contributed by atoms with E-state index in [0.717, 1.165) is 0 Å². The molecule has 0 fully saturated rings. The molecule has 1 aromatic carbocycles. The van der Waals surface area contributed by atoms with Gasteiger partial charge in [-0.3, -0.25) is 9.59 Å². The van der Waals surface area contributed by atoms with Gasteiger partial charge in [0, 0.05) is 5.56 Å². The summed E-state index contributed by atoms with van der Waals surface area (Å²) in [6, 6.07) is 5.27. The van der Waals surface area contributed by atoms with Crippen LogP contribution in [0.15, 0.2) is 54.1 Å². The number of nitrogens with two attached hydrogens (primary N) is 1. The Morgan fingerprint density at radius 3 is 2.31 bits per heavy atom. The zero-order valence-corrected chi connectivity index (χ0v) is 15.5. The molecule has 1 aliphatic carbocycles. The van der Waals surface area contributed by atoms with Crippen molar-refractivity contribution in [1.29, 1.82) is 0 Å². The van der Waals surface area contributed by atoms with Gasteiger partial charge < -0.3 is 15.9 Å². The number of anilines is 1. The van der Waals surface area contributed by atoms with Gasteiger partial charge in [-0.05, 0) is 31.1 Å². The average molecular weight is 397 g/mol. The van der Waals surface area contributed by atoms with Crippen LogP contribution in [0.4, 0.5) is 5.69 Å². The third-order valence-corrected chi connectivity index (χ3v) is 4.91. The molecule has 1 aliphatic heterocycles. The Balaban J connectivity index is 2.28. The number of hydrogen-bond donors (Lipinski definition) is 3. The summed E-state index contributed by atoms with van der Waals surface area (Å²) in [7, 11) is 0. The predicted octanol–water partition coefficient (Wildman–Crippen LogP) is 0.931. The van der Waals surface area contributed by atoms with Crippen molar-refractivity contribution in [2.45, 2.75) is 24.9 Å². The highest BCUT2D eigenvalue weighted by Crippen LogP contribution is 2.37. The standard InChI is InChI=1S/C20H19N3O6/c1-12-14(20(21)9-5-2-6-10-20)11-13-7-3-4-8-15(13)23(17(25)19(28)29)22(12)16(24)18(26)27/h2-9,11-12H,10,21H2,1H3,(H,26,27)(H,28,29). The second-order valence-electron chi connectivity index (χ2n) is 6.74. The predicted molar refractivity (Wildman–Crippen MR) is 103 cm³/mol. The molecule has 9 heteroatoms. The van der Waals surface area contributed by atoms with Crippen LogP contribution in [0.2, 0.25) is 0 Å². The number of carbonyl (C=O) groups excluding carboxylic acids is 2. The molecule has 2 aliphatic rings. The second-order valence-corrected chi connectivity index (χ2v) is 6.74. The smallest absolute Gasteiger partial charge is 0.396 e. The van der Waals surface area contributed by atoms with Crippen molar-refractivity contribution in [1.82, 2.24) is 5.01 Å². The Morgan fingerprint density at radius 2 is 1.72 bits per heavy atom. The molecule has 2 unspecified atom stereocenters. The highest BCUT2D eigenvalue weighted by atomic mass is 16.4. The first-order valence-electron chi connectivity index (χ1n) is 8.75. The Morgan fingerprint density at radius 1 is 1.07 bits per heavy atom. The molecule has 2 amide bonds. The van der Waals surface area contributed by atoms with Crippen LogP contribution in [0.25, 0.3) is 6.08 Å². The third-order valence-electron chi connectivity index (χ3n) is 4.91. The Bertz CT molecular complexity index is 996. The zero-order chi connectivity index (χ0) is 21.3. The van der Waals surface area contributed by atoms with E-state index in [1.165, 1.54) is 13.0 Å². The largest absolute Gasteiger partial charge is 0.474 e. The molecule has 1 aromatic rings. The molecule has 29 heavy (non-hydrogen) atoms. The van der Waals surface area contributed by atoms with E-state index in [-0.39, 0.29) is 5.69 Å². The number of nitrogens with zero attached hydrogens (tertiary/aromatic N) is 2. The summed E-state index contributed by atoms with van der Waals surface area (Å²) in [5.74, 6) is -6.57. The number of fused-ring (bicyclic) bond motifs is 1. The normalized spacial score (nSPS) is 23.1. The summed E-state index contributed by atoms with van der Waals surface area (Å²) in [4.78, 5) is 48.1. The van der Waals surface area contributed by atoms with Crippen molar-refractivity contribution < 1.29 is 29.4 Å². The molecule has 0 aromatic heterocycles. The highest BCUT2D eigenvalue weighted by Gasteiger charge is 2.44. The van der Waals surface area contributed by atoms with Gasteiger partial charge >= 0.3 is 23.8 Å². The van der Waals surface area contributed by atoms with E-state index in [1.54, 1.807) is 42.5 Å². The number of amides is 2. The first-order valence-corrected chi connectivity index (χ1v) is 8.75. The number of allylic oxidation sites excluding steroid dienone is 2. The first-order chi connectivity index (χ1) is 13.7. The van der Waals surface area contributed by atoms with Crippen LogP contribution < -0.4 is 10.7 Å². The van der Waals surface area contributed by atoms with Gasteiger partial charge in [0.05, 0.1) is 17.3 Å². The van der Waals surface area contributed by atoms with E-state index in [4.69, 9.17) is 5.73 Å². The van der Waals surface area contributed by atoms with Gasteiger partial charge in [-0.25, -0.2) is 19.6 Å². The van der Waals surface area contributed by atoms with Crippen LogP contribution in [-0.4, -0.2) is 50.6 Å². The van der Waals surface area contributed by atoms with Crippen LogP contribution in [0.3, 0.4) is 0 Å².